The number of β-amino-alcohol motifs (C(OH)–C–C–N with tert-alkyl or cyclic N) is 1. The molecule has 0 saturated carbocycles. The Balaban J connectivity index is 1.52. The van der Waals surface area contributed by atoms with Gasteiger partial charge in [0.25, 0.3) is 5.66 Å². The third kappa shape index (κ3) is 4.01. The quantitative estimate of drug-likeness (QED) is 0.778. The molecule has 10 heteroatoms. The number of hydrogen-bond acceptors (Lipinski definition) is 4. The van der Waals surface area contributed by atoms with E-state index in [4.69, 9.17) is 0 Å². The van der Waals surface area contributed by atoms with Gasteiger partial charge in [-0.3, -0.25) is 0 Å². The van der Waals surface area contributed by atoms with Crippen LogP contribution in [-0.2, 0) is 6.18 Å². The van der Waals surface area contributed by atoms with E-state index < -0.39 is 29.7 Å². The van der Waals surface area contributed by atoms with Crippen molar-refractivity contribution in [2.24, 2.45) is 16.1 Å². The van der Waals surface area contributed by atoms with Crippen molar-refractivity contribution in [2.75, 3.05) is 19.6 Å². The van der Waals surface area contributed by atoms with Crippen LogP contribution in [0.5, 0.6) is 0 Å². The van der Waals surface area contributed by atoms with E-state index in [2.05, 4.69) is 10.2 Å². The van der Waals surface area contributed by atoms with Crippen LogP contribution < -0.4 is 0 Å². The number of hydrogen-bond donors (Lipinski definition) is 1. The molecule has 1 saturated heterocycles. The Kier molecular flexibility index (Phi) is 4.76. The van der Waals surface area contributed by atoms with Gasteiger partial charge in [0, 0.05) is 19.5 Å². The Morgan fingerprint density at radius 2 is 1.73 bits per heavy atom. The molecule has 0 bridgehead atoms. The lowest BCUT2D eigenvalue weighted by molar-refractivity contribution is -0.167. The van der Waals surface area contributed by atoms with Crippen molar-refractivity contribution in [3.8, 4) is 0 Å². The van der Waals surface area contributed by atoms with Gasteiger partial charge in [-0.25, -0.2) is 0 Å². The number of aliphatic hydroxyl groups is 1. The maximum Gasteiger partial charge on any atom is 0.437 e. The molecule has 1 unspecified atom stereocenters. The first-order chi connectivity index (χ1) is 12.0. The summed E-state index contributed by atoms with van der Waals surface area (Å²) >= 11 is 0. The molecular formula is C16H17F6N3O. The van der Waals surface area contributed by atoms with Crippen molar-refractivity contribution in [1.29, 1.82) is 0 Å². The van der Waals surface area contributed by atoms with Crippen LogP contribution in [0, 0.1) is 5.92 Å². The van der Waals surface area contributed by atoms with E-state index in [1.807, 2.05) is 0 Å². The number of nitrogens with zero attached hydrogens (tertiary/aromatic N) is 3. The highest BCUT2D eigenvalue weighted by molar-refractivity contribution is 5.26. The van der Waals surface area contributed by atoms with E-state index >= 15 is 0 Å². The lowest BCUT2D eigenvalue weighted by Gasteiger charge is -2.22. The second kappa shape index (κ2) is 6.49. The van der Waals surface area contributed by atoms with Crippen LogP contribution in [-0.4, -0.2) is 41.5 Å². The van der Waals surface area contributed by atoms with Crippen LogP contribution in [0.4, 0.5) is 26.3 Å². The molecular weight excluding hydrogens is 364 g/mol. The van der Waals surface area contributed by atoms with Crippen molar-refractivity contribution < 1.29 is 31.4 Å². The summed E-state index contributed by atoms with van der Waals surface area (Å²) < 4.78 is 76.3. The molecule has 0 aliphatic carbocycles. The van der Waals surface area contributed by atoms with E-state index in [9.17, 15) is 31.4 Å². The molecule has 26 heavy (non-hydrogen) atoms. The van der Waals surface area contributed by atoms with Gasteiger partial charge in [-0.15, -0.1) is 10.2 Å². The predicted octanol–water partition coefficient (Wildman–Crippen LogP) is 4.18. The van der Waals surface area contributed by atoms with Crippen molar-refractivity contribution in [3.63, 3.8) is 0 Å². The van der Waals surface area contributed by atoms with Gasteiger partial charge >= 0.3 is 12.4 Å². The minimum absolute atomic E-state index is 0.148. The molecule has 0 amide bonds. The zero-order valence-corrected chi connectivity index (χ0v) is 13.6. The average Bonchev–Trinajstić information content (AvgIpc) is 3.20. The lowest BCUT2D eigenvalue weighted by atomic mass is 9.96. The standard InChI is InChI=1S/C16H17F6N3O/c17-15(18,19)12-3-1-11(2-4-12)13(26)9-25-6-5-10(8-25)7-14(23-24-14)16(20,21)22/h1-4,10,13,26H,5-9H2/t10?,13-/m1/s1. The molecule has 2 aliphatic rings. The summed E-state index contributed by atoms with van der Waals surface area (Å²) in [5.74, 6) is -0.244. The topological polar surface area (TPSA) is 48.2 Å². The Morgan fingerprint density at radius 1 is 1.12 bits per heavy atom. The molecule has 0 aromatic heterocycles. The van der Waals surface area contributed by atoms with E-state index in [1.165, 1.54) is 12.1 Å². The van der Waals surface area contributed by atoms with Crippen molar-refractivity contribution >= 4 is 0 Å². The molecule has 0 radical (unpaired) electrons. The van der Waals surface area contributed by atoms with E-state index in [0.717, 1.165) is 12.1 Å². The summed E-state index contributed by atoms with van der Waals surface area (Å²) in [6, 6.07) is 4.21. The van der Waals surface area contributed by atoms with E-state index in [-0.39, 0.29) is 18.9 Å². The summed E-state index contributed by atoms with van der Waals surface area (Å²) in [7, 11) is 0. The summed E-state index contributed by atoms with van der Waals surface area (Å²) in [6.45, 7) is 1.02. The summed E-state index contributed by atoms with van der Waals surface area (Å²) in [5, 5.41) is 16.5. The molecule has 1 aromatic carbocycles. The maximum absolute atomic E-state index is 12.9. The van der Waals surface area contributed by atoms with E-state index in [0.29, 0.717) is 25.1 Å². The van der Waals surface area contributed by atoms with Crippen LogP contribution in [0.25, 0.3) is 0 Å². The number of alkyl halides is 6. The van der Waals surface area contributed by atoms with Gasteiger partial charge < -0.3 is 10.0 Å². The van der Waals surface area contributed by atoms with Crippen LogP contribution in [0.3, 0.4) is 0 Å². The zero-order chi connectivity index (χ0) is 19.2. The second-order valence-corrected chi connectivity index (χ2v) is 6.77. The third-order valence-electron chi connectivity index (χ3n) is 4.79. The van der Waals surface area contributed by atoms with Crippen LogP contribution >= 0.6 is 0 Å². The predicted molar refractivity (Wildman–Crippen MR) is 79.2 cm³/mol. The van der Waals surface area contributed by atoms with Gasteiger partial charge in [0.05, 0.1) is 11.7 Å². The normalized spacial score (nSPS) is 24.0. The molecule has 2 aliphatic heterocycles. The zero-order valence-electron chi connectivity index (χ0n) is 13.6. The molecule has 0 spiro atoms. The van der Waals surface area contributed by atoms with E-state index in [1.54, 1.807) is 4.90 Å². The van der Waals surface area contributed by atoms with Crippen molar-refractivity contribution in [2.45, 2.75) is 37.0 Å². The smallest absolute Gasteiger partial charge is 0.387 e. The fourth-order valence-electron chi connectivity index (χ4n) is 3.26. The second-order valence-electron chi connectivity index (χ2n) is 6.77. The van der Waals surface area contributed by atoms with Crippen LogP contribution in [0.1, 0.15) is 30.1 Å². The molecule has 1 N–H and O–H groups in total. The highest BCUT2D eigenvalue weighted by Crippen LogP contribution is 2.49. The van der Waals surface area contributed by atoms with Crippen LogP contribution in [0.15, 0.2) is 34.5 Å². The molecule has 1 aromatic rings. The first-order valence-electron chi connectivity index (χ1n) is 8.08. The summed E-state index contributed by atoms with van der Waals surface area (Å²) in [4.78, 5) is 1.81. The fraction of sp³-hybridized carbons (Fsp3) is 0.625. The van der Waals surface area contributed by atoms with Crippen molar-refractivity contribution in [1.82, 2.24) is 4.90 Å². The number of halogens is 6. The van der Waals surface area contributed by atoms with Gasteiger partial charge in [-0.05, 0) is 36.6 Å². The monoisotopic (exact) mass is 381 g/mol. The number of likely N-dealkylation sites (tertiary alicyclic amines) is 1. The molecule has 144 valence electrons. The van der Waals surface area contributed by atoms with Crippen molar-refractivity contribution in [3.05, 3.63) is 35.4 Å². The van der Waals surface area contributed by atoms with Gasteiger partial charge in [-0.2, -0.15) is 26.3 Å². The minimum atomic E-state index is -4.49. The average molecular weight is 381 g/mol. The Bertz CT molecular complexity index is 664. The Morgan fingerprint density at radius 3 is 2.23 bits per heavy atom. The highest BCUT2D eigenvalue weighted by atomic mass is 19.4. The first-order valence-corrected chi connectivity index (χ1v) is 8.08. The number of benzene rings is 1. The van der Waals surface area contributed by atoms with Gasteiger partial charge in [0.2, 0.25) is 0 Å². The molecule has 2 atom stereocenters. The number of rotatable bonds is 5. The van der Waals surface area contributed by atoms with Crippen LogP contribution in [0.2, 0.25) is 0 Å². The third-order valence-corrected chi connectivity index (χ3v) is 4.79. The number of aliphatic hydroxyl groups excluding tert-OH is 1. The summed E-state index contributed by atoms with van der Waals surface area (Å²) in [5.41, 5.74) is -2.73. The largest absolute Gasteiger partial charge is 0.437 e. The SMILES string of the molecule is O[C@H](CN1CCC(CC2(C(F)(F)F)N=N2)C1)c1ccc(C(F)(F)F)cc1. The molecule has 4 nitrogen and oxygen atoms in total. The lowest BCUT2D eigenvalue weighted by Crippen LogP contribution is -2.35. The van der Waals surface area contributed by atoms with Gasteiger partial charge in [0.1, 0.15) is 0 Å². The Hall–Kier alpha value is -1.68. The molecule has 3 rings (SSSR count). The van der Waals surface area contributed by atoms with Gasteiger partial charge in [-0.1, -0.05) is 12.1 Å². The highest BCUT2D eigenvalue weighted by Gasteiger charge is 2.64. The van der Waals surface area contributed by atoms with Gasteiger partial charge in [0.15, 0.2) is 0 Å². The first kappa shape index (κ1) is 19.1. The molecule has 1 fully saturated rings. The minimum Gasteiger partial charge on any atom is -0.387 e. The molecule has 2 heterocycles. The Labute approximate surface area is 145 Å². The summed E-state index contributed by atoms with van der Waals surface area (Å²) in [6.07, 6.45) is -9.62. The maximum atomic E-state index is 12.9. The fourth-order valence-corrected chi connectivity index (χ4v) is 3.26.